The SMILES string of the molecule is CC(C)C(N)C(=O)NC(Cc1cnc[nH]1)C(=O)NC(CO)C(=O)NC(Cc1ccc(O)cc1)C(=O)O. The van der Waals surface area contributed by atoms with E-state index in [9.17, 15) is 34.5 Å². The number of carboxylic acid groups (broad SMARTS) is 1. The molecule has 0 radical (unpaired) electrons. The number of rotatable bonds is 13. The van der Waals surface area contributed by atoms with E-state index in [0.717, 1.165) is 0 Å². The topological polar surface area (TPSA) is 220 Å². The van der Waals surface area contributed by atoms with Crippen LogP contribution < -0.4 is 21.7 Å². The summed E-state index contributed by atoms with van der Waals surface area (Å²) in [5.74, 6) is -3.81. The molecule has 0 fully saturated rings. The number of carboxylic acids is 1. The molecule has 0 saturated heterocycles. The van der Waals surface area contributed by atoms with Crippen molar-refractivity contribution in [3.63, 3.8) is 0 Å². The van der Waals surface area contributed by atoms with Crippen molar-refractivity contribution >= 4 is 23.7 Å². The van der Waals surface area contributed by atoms with Gasteiger partial charge in [0.25, 0.3) is 0 Å². The van der Waals surface area contributed by atoms with Crippen molar-refractivity contribution in [1.82, 2.24) is 25.9 Å². The highest BCUT2D eigenvalue weighted by Crippen LogP contribution is 2.12. The lowest BCUT2D eigenvalue weighted by Gasteiger charge is -2.25. The van der Waals surface area contributed by atoms with Crippen molar-refractivity contribution in [2.24, 2.45) is 11.7 Å². The summed E-state index contributed by atoms with van der Waals surface area (Å²) >= 11 is 0. The molecule has 0 bridgehead atoms. The van der Waals surface area contributed by atoms with E-state index in [-0.39, 0.29) is 24.5 Å². The molecule has 0 spiro atoms. The smallest absolute Gasteiger partial charge is 0.326 e. The molecule has 13 nitrogen and oxygen atoms in total. The molecule has 2 aromatic rings. The summed E-state index contributed by atoms with van der Waals surface area (Å²) in [5, 5.41) is 35.8. The Labute approximate surface area is 207 Å². The maximum Gasteiger partial charge on any atom is 0.326 e. The average Bonchev–Trinajstić information content (AvgIpc) is 3.35. The van der Waals surface area contributed by atoms with Gasteiger partial charge in [-0.3, -0.25) is 14.4 Å². The van der Waals surface area contributed by atoms with Crippen LogP contribution >= 0.6 is 0 Å². The second kappa shape index (κ2) is 13.2. The van der Waals surface area contributed by atoms with Crippen LogP contribution in [0.15, 0.2) is 36.8 Å². The third-order valence-corrected chi connectivity index (χ3v) is 5.44. The molecule has 0 aliphatic heterocycles. The summed E-state index contributed by atoms with van der Waals surface area (Å²) in [6, 6.07) is 0.891. The standard InChI is InChI=1S/C23H32N6O7/c1-12(2)19(24)22(34)27-16(8-14-9-25-11-26-14)20(32)29-18(10-30)21(33)28-17(23(35)36)7-13-3-5-15(31)6-4-13/h3-6,9,11-12,16-19,30-31H,7-8,10,24H2,1-2H3,(H,25,26)(H,27,34)(H,28,33)(H,29,32)(H,35,36). The molecule has 196 valence electrons. The van der Waals surface area contributed by atoms with Crippen LogP contribution in [0, 0.1) is 5.92 Å². The fraction of sp³-hybridized carbons (Fsp3) is 0.435. The van der Waals surface area contributed by atoms with Gasteiger partial charge in [0, 0.05) is 24.7 Å². The van der Waals surface area contributed by atoms with Crippen LogP contribution in [0.5, 0.6) is 5.75 Å². The molecular weight excluding hydrogens is 472 g/mol. The van der Waals surface area contributed by atoms with Crippen molar-refractivity contribution < 1.29 is 34.5 Å². The van der Waals surface area contributed by atoms with Gasteiger partial charge < -0.3 is 42.0 Å². The lowest BCUT2D eigenvalue weighted by Crippen LogP contribution is -2.59. The van der Waals surface area contributed by atoms with Crippen molar-refractivity contribution in [1.29, 1.82) is 0 Å². The van der Waals surface area contributed by atoms with E-state index in [0.29, 0.717) is 11.3 Å². The number of phenols is 1. The van der Waals surface area contributed by atoms with Crippen molar-refractivity contribution in [3.05, 3.63) is 48.0 Å². The largest absolute Gasteiger partial charge is 0.508 e. The van der Waals surface area contributed by atoms with Gasteiger partial charge in [0.1, 0.15) is 23.9 Å². The van der Waals surface area contributed by atoms with Gasteiger partial charge in [0.2, 0.25) is 17.7 Å². The van der Waals surface area contributed by atoms with E-state index in [4.69, 9.17) is 5.73 Å². The number of phenolic OH excluding ortho intramolecular Hbond substituents is 1. The Hall–Kier alpha value is -3.97. The molecule has 9 N–H and O–H groups in total. The van der Waals surface area contributed by atoms with Gasteiger partial charge in [-0.2, -0.15) is 0 Å². The number of aliphatic hydroxyl groups excluding tert-OH is 1. The number of benzene rings is 1. The van der Waals surface area contributed by atoms with Crippen molar-refractivity contribution in [2.75, 3.05) is 6.61 Å². The van der Waals surface area contributed by atoms with Crippen LogP contribution in [0.4, 0.5) is 0 Å². The third-order valence-electron chi connectivity index (χ3n) is 5.44. The number of aromatic hydroxyl groups is 1. The molecule has 13 heteroatoms. The molecule has 2 rings (SSSR count). The van der Waals surface area contributed by atoms with E-state index >= 15 is 0 Å². The maximum absolute atomic E-state index is 13.0. The number of hydrogen-bond acceptors (Lipinski definition) is 8. The zero-order valence-electron chi connectivity index (χ0n) is 20.0. The molecule has 0 aliphatic rings. The number of amides is 3. The van der Waals surface area contributed by atoms with Gasteiger partial charge in [-0.15, -0.1) is 0 Å². The fourth-order valence-corrected chi connectivity index (χ4v) is 3.20. The summed E-state index contributed by atoms with van der Waals surface area (Å²) in [6.07, 6.45) is 2.77. The first kappa shape index (κ1) is 28.3. The van der Waals surface area contributed by atoms with Gasteiger partial charge in [0.15, 0.2) is 0 Å². The van der Waals surface area contributed by atoms with Crippen LogP contribution in [-0.4, -0.2) is 79.8 Å². The highest BCUT2D eigenvalue weighted by molar-refractivity contribution is 5.94. The summed E-state index contributed by atoms with van der Waals surface area (Å²) in [7, 11) is 0. The molecule has 36 heavy (non-hydrogen) atoms. The van der Waals surface area contributed by atoms with Crippen LogP contribution in [0.3, 0.4) is 0 Å². The normalized spacial score (nSPS) is 14.4. The predicted octanol–water partition coefficient (Wildman–Crippen LogP) is -1.58. The lowest BCUT2D eigenvalue weighted by atomic mass is 10.0. The Kier molecular flexibility index (Phi) is 10.4. The summed E-state index contributed by atoms with van der Waals surface area (Å²) in [6.45, 7) is 2.67. The quantitative estimate of drug-likeness (QED) is 0.157. The first-order valence-electron chi connectivity index (χ1n) is 11.3. The number of aliphatic carboxylic acids is 1. The Balaban J connectivity index is 2.10. The number of nitrogens with zero attached hydrogens (tertiary/aromatic N) is 1. The zero-order chi connectivity index (χ0) is 26.8. The van der Waals surface area contributed by atoms with Crippen molar-refractivity contribution in [2.45, 2.75) is 50.9 Å². The number of nitrogens with two attached hydrogens (primary N) is 1. The van der Waals surface area contributed by atoms with Gasteiger partial charge in [-0.25, -0.2) is 9.78 Å². The number of aromatic nitrogens is 2. The number of hydrogen-bond donors (Lipinski definition) is 8. The number of nitrogens with one attached hydrogen (secondary N) is 4. The first-order chi connectivity index (χ1) is 17.0. The molecular formula is C23H32N6O7. The Morgan fingerprint density at radius 3 is 2.06 bits per heavy atom. The Morgan fingerprint density at radius 2 is 1.53 bits per heavy atom. The molecule has 4 unspecified atom stereocenters. The zero-order valence-corrected chi connectivity index (χ0v) is 20.0. The molecule has 0 saturated carbocycles. The highest BCUT2D eigenvalue weighted by atomic mass is 16.4. The van der Waals surface area contributed by atoms with Gasteiger partial charge in [-0.1, -0.05) is 26.0 Å². The molecule has 1 aromatic heterocycles. The van der Waals surface area contributed by atoms with E-state index in [2.05, 4.69) is 25.9 Å². The van der Waals surface area contributed by atoms with Crippen LogP contribution in [-0.2, 0) is 32.0 Å². The highest BCUT2D eigenvalue weighted by Gasteiger charge is 2.31. The average molecular weight is 505 g/mol. The van der Waals surface area contributed by atoms with E-state index in [1.807, 2.05) is 0 Å². The van der Waals surface area contributed by atoms with Crippen LogP contribution in [0.1, 0.15) is 25.1 Å². The molecule has 0 aliphatic carbocycles. The summed E-state index contributed by atoms with van der Waals surface area (Å²) in [4.78, 5) is 56.6. The number of imidazole rings is 1. The second-order valence-corrected chi connectivity index (χ2v) is 8.63. The molecule has 1 aromatic carbocycles. The Morgan fingerprint density at radius 1 is 0.944 bits per heavy atom. The van der Waals surface area contributed by atoms with Gasteiger partial charge >= 0.3 is 5.97 Å². The number of carbonyl (C=O) groups excluding carboxylic acids is 3. The minimum Gasteiger partial charge on any atom is -0.508 e. The fourth-order valence-electron chi connectivity index (χ4n) is 3.20. The number of aliphatic hydroxyl groups is 1. The van der Waals surface area contributed by atoms with Crippen molar-refractivity contribution in [3.8, 4) is 5.75 Å². The predicted molar refractivity (Wildman–Crippen MR) is 127 cm³/mol. The number of H-pyrrole nitrogens is 1. The Bertz CT molecular complexity index is 1030. The maximum atomic E-state index is 13.0. The molecule has 3 amide bonds. The van der Waals surface area contributed by atoms with Gasteiger partial charge in [0.05, 0.1) is 19.0 Å². The van der Waals surface area contributed by atoms with Gasteiger partial charge in [-0.05, 0) is 23.6 Å². The first-order valence-corrected chi connectivity index (χ1v) is 11.3. The van der Waals surface area contributed by atoms with Crippen LogP contribution in [0.2, 0.25) is 0 Å². The third kappa shape index (κ3) is 8.36. The molecule has 4 atom stereocenters. The van der Waals surface area contributed by atoms with E-state index < -0.39 is 54.5 Å². The number of carbonyl (C=O) groups is 4. The number of aromatic amines is 1. The van der Waals surface area contributed by atoms with E-state index in [1.54, 1.807) is 13.8 Å². The minimum absolute atomic E-state index is 0.000754. The van der Waals surface area contributed by atoms with Crippen LogP contribution in [0.25, 0.3) is 0 Å². The summed E-state index contributed by atoms with van der Waals surface area (Å²) in [5.41, 5.74) is 6.94. The second-order valence-electron chi connectivity index (χ2n) is 8.63. The lowest BCUT2D eigenvalue weighted by molar-refractivity contribution is -0.142. The summed E-state index contributed by atoms with van der Waals surface area (Å²) < 4.78 is 0. The molecule has 1 heterocycles. The minimum atomic E-state index is -1.49. The van der Waals surface area contributed by atoms with E-state index in [1.165, 1.54) is 36.8 Å². The monoisotopic (exact) mass is 504 g/mol.